The number of para-hydroxylation sites is 1. The first-order chi connectivity index (χ1) is 12.2. The molecule has 25 heavy (non-hydrogen) atoms. The Labute approximate surface area is 152 Å². The van der Waals surface area contributed by atoms with Gasteiger partial charge < -0.3 is 10.2 Å². The summed E-state index contributed by atoms with van der Waals surface area (Å²) < 4.78 is 0. The van der Waals surface area contributed by atoms with Gasteiger partial charge in [0.2, 0.25) is 5.91 Å². The number of nitrogens with zero attached hydrogens (tertiary/aromatic N) is 1. The molecule has 1 aromatic carbocycles. The predicted octanol–water partition coefficient (Wildman–Crippen LogP) is 4.19. The Bertz CT molecular complexity index is 730. The number of aryl methyl sites for hydroxylation is 1. The lowest BCUT2D eigenvalue weighted by Crippen LogP contribution is -2.45. The van der Waals surface area contributed by atoms with Crippen molar-refractivity contribution in [1.82, 2.24) is 4.90 Å². The number of amides is 3. The highest BCUT2D eigenvalue weighted by atomic mass is 32.1. The molecule has 1 atom stereocenters. The number of carbonyl (C=O) groups is 2. The van der Waals surface area contributed by atoms with Crippen LogP contribution in [0, 0.1) is 5.92 Å². The van der Waals surface area contributed by atoms with Crippen LogP contribution < -0.4 is 10.6 Å². The molecule has 0 aliphatic carbocycles. The van der Waals surface area contributed by atoms with Gasteiger partial charge in [-0.2, -0.15) is 0 Å². The number of hydrogen-bond donors (Lipinski definition) is 2. The monoisotopic (exact) mass is 357 g/mol. The van der Waals surface area contributed by atoms with E-state index in [0.717, 1.165) is 35.5 Å². The summed E-state index contributed by atoms with van der Waals surface area (Å²) in [6, 6.07) is 11.5. The van der Waals surface area contributed by atoms with Crippen molar-refractivity contribution in [1.29, 1.82) is 0 Å². The minimum atomic E-state index is -0.173. The fourth-order valence-electron chi connectivity index (χ4n) is 3.10. The largest absolute Gasteiger partial charge is 0.326 e. The molecule has 132 valence electrons. The second kappa shape index (κ2) is 8.16. The molecule has 1 aromatic heterocycles. The third-order valence-electron chi connectivity index (χ3n) is 4.49. The molecule has 3 rings (SSSR count). The molecule has 1 fully saturated rings. The highest BCUT2D eigenvalue weighted by Crippen LogP contribution is 2.22. The lowest BCUT2D eigenvalue weighted by atomic mass is 9.97. The number of urea groups is 1. The van der Waals surface area contributed by atoms with Crippen LogP contribution >= 0.6 is 11.3 Å². The molecular weight excluding hydrogens is 334 g/mol. The molecule has 2 N–H and O–H groups in total. The summed E-state index contributed by atoms with van der Waals surface area (Å²) in [5.74, 6) is -0.178. The van der Waals surface area contributed by atoms with Gasteiger partial charge in [0.15, 0.2) is 0 Å². The third-order valence-corrected chi connectivity index (χ3v) is 5.27. The molecule has 1 aliphatic rings. The number of thiophene rings is 1. The average Bonchev–Trinajstić information content (AvgIpc) is 3.15. The maximum Gasteiger partial charge on any atom is 0.322 e. The number of hydrogen-bond acceptors (Lipinski definition) is 3. The first-order valence-electron chi connectivity index (χ1n) is 8.65. The Morgan fingerprint density at radius 1 is 1.20 bits per heavy atom. The Morgan fingerprint density at radius 2 is 2.04 bits per heavy atom. The first-order valence-corrected chi connectivity index (χ1v) is 9.53. The van der Waals surface area contributed by atoms with E-state index in [9.17, 15) is 9.59 Å². The van der Waals surface area contributed by atoms with Crippen LogP contribution in [0.5, 0.6) is 0 Å². The predicted molar refractivity (Wildman–Crippen MR) is 102 cm³/mol. The molecule has 2 aromatic rings. The average molecular weight is 357 g/mol. The summed E-state index contributed by atoms with van der Waals surface area (Å²) in [6.07, 6.45) is 2.52. The standard InChI is InChI=1S/C19H23N3O2S/c1-2-14-7-3-4-9-16(14)20-18(23)15-8-5-11-22(13-15)19(24)21-17-10-6-12-25-17/h3-4,6-7,9-10,12,15H,2,5,8,11,13H2,1H3,(H,20,23)(H,21,24). The van der Waals surface area contributed by atoms with Crippen LogP contribution in [0.15, 0.2) is 41.8 Å². The van der Waals surface area contributed by atoms with E-state index in [1.807, 2.05) is 41.8 Å². The molecule has 2 heterocycles. The molecule has 0 spiro atoms. The highest BCUT2D eigenvalue weighted by molar-refractivity contribution is 7.14. The quantitative estimate of drug-likeness (QED) is 0.862. The zero-order valence-electron chi connectivity index (χ0n) is 14.3. The fraction of sp³-hybridized carbons (Fsp3) is 0.368. The van der Waals surface area contributed by atoms with Gasteiger partial charge in [-0.1, -0.05) is 25.1 Å². The van der Waals surface area contributed by atoms with Crippen LogP contribution in [0.1, 0.15) is 25.3 Å². The molecule has 1 aliphatic heterocycles. The summed E-state index contributed by atoms with van der Waals surface area (Å²) in [5.41, 5.74) is 1.99. The van der Waals surface area contributed by atoms with E-state index in [1.165, 1.54) is 11.3 Å². The zero-order valence-corrected chi connectivity index (χ0v) is 15.1. The van der Waals surface area contributed by atoms with Crippen LogP contribution in [0.3, 0.4) is 0 Å². The second-order valence-corrected chi connectivity index (χ2v) is 7.14. The number of carbonyl (C=O) groups excluding carboxylic acids is 2. The normalized spacial score (nSPS) is 17.2. The second-order valence-electron chi connectivity index (χ2n) is 6.19. The third kappa shape index (κ3) is 4.39. The summed E-state index contributed by atoms with van der Waals surface area (Å²) >= 11 is 1.49. The van der Waals surface area contributed by atoms with Crippen molar-refractivity contribution >= 4 is 34.0 Å². The molecular formula is C19H23N3O2S. The number of nitrogens with one attached hydrogen (secondary N) is 2. The summed E-state index contributed by atoms with van der Waals surface area (Å²) in [4.78, 5) is 26.8. The zero-order chi connectivity index (χ0) is 17.6. The van der Waals surface area contributed by atoms with Gasteiger partial charge in [-0.05, 0) is 48.4 Å². The molecule has 0 saturated carbocycles. The lowest BCUT2D eigenvalue weighted by molar-refractivity contribution is -0.121. The van der Waals surface area contributed by atoms with E-state index in [4.69, 9.17) is 0 Å². The smallest absolute Gasteiger partial charge is 0.322 e. The fourth-order valence-corrected chi connectivity index (χ4v) is 3.70. The van der Waals surface area contributed by atoms with E-state index in [-0.39, 0.29) is 17.9 Å². The van der Waals surface area contributed by atoms with Gasteiger partial charge in [0.1, 0.15) is 0 Å². The van der Waals surface area contributed by atoms with E-state index in [1.54, 1.807) is 4.90 Å². The topological polar surface area (TPSA) is 61.4 Å². The maximum absolute atomic E-state index is 12.7. The number of rotatable bonds is 4. The Balaban J connectivity index is 1.60. The Kier molecular flexibility index (Phi) is 5.71. The van der Waals surface area contributed by atoms with Crippen LogP contribution in [0.4, 0.5) is 15.5 Å². The van der Waals surface area contributed by atoms with Crippen LogP contribution in [0.2, 0.25) is 0 Å². The Morgan fingerprint density at radius 3 is 2.80 bits per heavy atom. The molecule has 0 radical (unpaired) electrons. The van der Waals surface area contributed by atoms with Crippen molar-refractivity contribution in [2.24, 2.45) is 5.92 Å². The number of benzene rings is 1. The number of likely N-dealkylation sites (tertiary alicyclic amines) is 1. The van der Waals surface area contributed by atoms with Crippen molar-refractivity contribution < 1.29 is 9.59 Å². The van der Waals surface area contributed by atoms with Crippen molar-refractivity contribution in [3.8, 4) is 0 Å². The highest BCUT2D eigenvalue weighted by Gasteiger charge is 2.28. The van der Waals surface area contributed by atoms with Crippen molar-refractivity contribution in [3.63, 3.8) is 0 Å². The first kappa shape index (κ1) is 17.5. The van der Waals surface area contributed by atoms with Gasteiger partial charge >= 0.3 is 6.03 Å². The minimum absolute atomic E-state index is 0.00507. The summed E-state index contributed by atoms with van der Waals surface area (Å²) in [6.45, 7) is 3.21. The lowest BCUT2D eigenvalue weighted by Gasteiger charge is -2.32. The molecule has 1 saturated heterocycles. The molecule has 1 unspecified atom stereocenters. The summed E-state index contributed by atoms with van der Waals surface area (Å²) in [7, 11) is 0. The van der Waals surface area contributed by atoms with Crippen molar-refractivity contribution in [2.75, 3.05) is 23.7 Å². The van der Waals surface area contributed by atoms with Gasteiger partial charge in [0.25, 0.3) is 0 Å². The van der Waals surface area contributed by atoms with Crippen molar-refractivity contribution in [3.05, 3.63) is 47.3 Å². The van der Waals surface area contributed by atoms with Crippen LogP contribution in [0.25, 0.3) is 0 Å². The van der Waals surface area contributed by atoms with Gasteiger partial charge in [-0.3, -0.25) is 10.1 Å². The number of anilines is 2. The molecule has 6 heteroatoms. The van der Waals surface area contributed by atoms with E-state index >= 15 is 0 Å². The van der Waals surface area contributed by atoms with Crippen molar-refractivity contribution in [2.45, 2.75) is 26.2 Å². The molecule has 5 nitrogen and oxygen atoms in total. The van der Waals surface area contributed by atoms with Gasteiger partial charge in [0.05, 0.1) is 10.9 Å². The Hall–Kier alpha value is -2.34. The maximum atomic E-state index is 12.7. The SMILES string of the molecule is CCc1ccccc1NC(=O)C1CCCN(C(=O)Nc2cccs2)C1. The van der Waals surface area contributed by atoms with Crippen LogP contribution in [-0.4, -0.2) is 29.9 Å². The number of piperidine rings is 1. The van der Waals surface area contributed by atoms with E-state index in [2.05, 4.69) is 17.6 Å². The molecule has 3 amide bonds. The van der Waals surface area contributed by atoms with Gasteiger partial charge in [-0.15, -0.1) is 11.3 Å². The minimum Gasteiger partial charge on any atom is -0.326 e. The van der Waals surface area contributed by atoms with E-state index in [0.29, 0.717) is 13.1 Å². The molecule has 0 bridgehead atoms. The van der Waals surface area contributed by atoms with E-state index < -0.39 is 0 Å². The van der Waals surface area contributed by atoms with Gasteiger partial charge in [0, 0.05) is 18.8 Å². The van der Waals surface area contributed by atoms with Crippen LogP contribution in [-0.2, 0) is 11.2 Å². The van der Waals surface area contributed by atoms with Gasteiger partial charge in [-0.25, -0.2) is 4.79 Å². The summed E-state index contributed by atoms with van der Waals surface area (Å²) in [5, 5.41) is 8.68.